The maximum Gasteiger partial charge on any atom is 0.264 e. The molecule has 0 aliphatic carbocycles. The van der Waals surface area contributed by atoms with Crippen molar-refractivity contribution in [2.45, 2.75) is 25.3 Å². The summed E-state index contributed by atoms with van der Waals surface area (Å²) in [7, 11) is 0. The molecule has 0 saturated carbocycles. The van der Waals surface area contributed by atoms with Crippen molar-refractivity contribution in [3.63, 3.8) is 0 Å². The van der Waals surface area contributed by atoms with Crippen molar-refractivity contribution in [2.75, 3.05) is 13.1 Å². The highest BCUT2D eigenvalue weighted by atomic mass is 35.5. The van der Waals surface area contributed by atoms with Crippen molar-refractivity contribution in [1.82, 2.24) is 14.9 Å². The lowest BCUT2D eigenvalue weighted by atomic mass is 10.0. The average molecular weight is 454 g/mol. The minimum atomic E-state index is -0.493. The van der Waals surface area contributed by atoms with E-state index in [9.17, 15) is 9.59 Å². The number of hydrogen-bond acceptors (Lipinski definition) is 4. The molecule has 2 heterocycles. The lowest BCUT2D eigenvalue weighted by Crippen LogP contribution is -2.48. The van der Waals surface area contributed by atoms with Gasteiger partial charge in [-0.05, 0) is 37.5 Å². The maximum absolute atomic E-state index is 12.7. The van der Waals surface area contributed by atoms with E-state index in [1.165, 1.54) is 6.20 Å². The minimum absolute atomic E-state index is 0. The lowest BCUT2D eigenvalue weighted by Gasteiger charge is -2.34. The van der Waals surface area contributed by atoms with Crippen LogP contribution < -0.4 is 11.3 Å². The van der Waals surface area contributed by atoms with Gasteiger partial charge in [-0.3, -0.25) is 9.59 Å². The first kappa shape index (κ1) is 23.7. The molecule has 3 rings (SSSR count). The first-order chi connectivity index (χ1) is 12.0. The molecule has 2 aromatic rings. The zero-order chi connectivity index (χ0) is 18.0. The standard InChI is InChI=1S/C17H18Cl2N4O2.2ClH/c18-11-5-10(6-12(19)7-11)15-21-9-14(16(24)22-15)17(25)23-4-2-1-3-13(23)8-20;;/h5-7,9,13H,1-4,8,20H2,(H,21,22,24);2*1H. The highest BCUT2D eigenvalue weighted by molar-refractivity contribution is 6.35. The van der Waals surface area contributed by atoms with Crippen molar-refractivity contribution in [2.24, 2.45) is 5.73 Å². The molecular weight excluding hydrogens is 434 g/mol. The molecule has 1 aliphatic heterocycles. The third-order valence-corrected chi connectivity index (χ3v) is 4.76. The van der Waals surface area contributed by atoms with Gasteiger partial charge < -0.3 is 15.6 Å². The molecule has 1 aromatic heterocycles. The largest absolute Gasteiger partial charge is 0.334 e. The third-order valence-electron chi connectivity index (χ3n) is 4.33. The predicted molar refractivity (Wildman–Crippen MR) is 113 cm³/mol. The van der Waals surface area contributed by atoms with E-state index in [1.54, 1.807) is 23.1 Å². The Kier molecular flexibility index (Phi) is 9.05. The summed E-state index contributed by atoms with van der Waals surface area (Å²) in [5.74, 6) is -0.0282. The Balaban J connectivity index is 0.00000182. The number of carbonyl (C=O) groups is 1. The summed E-state index contributed by atoms with van der Waals surface area (Å²) in [5.41, 5.74) is 5.85. The molecule has 0 bridgehead atoms. The number of piperidine rings is 1. The fourth-order valence-corrected chi connectivity index (χ4v) is 3.58. The Morgan fingerprint density at radius 2 is 1.89 bits per heavy atom. The molecule has 148 valence electrons. The van der Waals surface area contributed by atoms with Crippen molar-refractivity contribution in [3.8, 4) is 11.4 Å². The second kappa shape index (κ2) is 10.3. The zero-order valence-electron chi connectivity index (χ0n) is 14.3. The summed E-state index contributed by atoms with van der Waals surface area (Å²) in [6.45, 7) is 0.988. The second-order valence-corrected chi connectivity index (χ2v) is 6.89. The monoisotopic (exact) mass is 452 g/mol. The molecule has 27 heavy (non-hydrogen) atoms. The van der Waals surface area contributed by atoms with Crippen molar-refractivity contribution >= 4 is 53.9 Å². The average Bonchev–Trinajstić information content (AvgIpc) is 2.60. The number of amides is 1. The van der Waals surface area contributed by atoms with Crippen LogP contribution in [-0.2, 0) is 0 Å². The molecule has 6 nitrogen and oxygen atoms in total. The van der Waals surface area contributed by atoms with Gasteiger partial charge in [-0.25, -0.2) is 4.98 Å². The van der Waals surface area contributed by atoms with Crippen LogP contribution in [0.1, 0.15) is 29.6 Å². The molecule has 1 aromatic carbocycles. The molecular formula is C17H20Cl4N4O2. The van der Waals surface area contributed by atoms with Gasteiger partial charge in [0.15, 0.2) is 0 Å². The number of nitrogens with zero attached hydrogens (tertiary/aromatic N) is 2. The van der Waals surface area contributed by atoms with E-state index in [4.69, 9.17) is 28.9 Å². The van der Waals surface area contributed by atoms with E-state index >= 15 is 0 Å². The number of carbonyl (C=O) groups excluding carboxylic acids is 1. The van der Waals surface area contributed by atoms with Crippen LogP contribution in [0.15, 0.2) is 29.2 Å². The summed E-state index contributed by atoms with van der Waals surface area (Å²) in [4.78, 5) is 33.7. The van der Waals surface area contributed by atoms with Gasteiger partial charge >= 0.3 is 0 Å². The molecule has 0 spiro atoms. The van der Waals surface area contributed by atoms with Crippen LogP contribution in [0.3, 0.4) is 0 Å². The molecule has 0 radical (unpaired) electrons. The van der Waals surface area contributed by atoms with E-state index in [0.29, 0.717) is 34.5 Å². The van der Waals surface area contributed by atoms with Crippen LogP contribution in [0, 0.1) is 0 Å². The van der Waals surface area contributed by atoms with E-state index < -0.39 is 5.56 Å². The smallest absolute Gasteiger partial charge is 0.264 e. The normalized spacial score (nSPS) is 16.3. The molecule has 1 amide bonds. The van der Waals surface area contributed by atoms with Crippen LogP contribution in [-0.4, -0.2) is 39.9 Å². The number of benzene rings is 1. The Hall–Kier alpha value is -1.31. The first-order valence-electron chi connectivity index (χ1n) is 8.06. The van der Waals surface area contributed by atoms with Gasteiger partial charge in [0.1, 0.15) is 11.4 Å². The Morgan fingerprint density at radius 3 is 2.48 bits per heavy atom. The van der Waals surface area contributed by atoms with E-state index in [0.717, 1.165) is 19.3 Å². The van der Waals surface area contributed by atoms with Crippen molar-refractivity contribution in [3.05, 3.63) is 50.4 Å². The van der Waals surface area contributed by atoms with E-state index in [-0.39, 0.29) is 42.3 Å². The topological polar surface area (TPSA) is 92.1 Å². The summed E-state index contributed by atoms with van der Waals surface area (Å²) in [6, 6.07) is 4.84. The highest BCUT2D eigenvalue weighted by Gasteiger charge is 2.28. The molecule has 1 fully saturated rings. The number of hydrogen-bond donors (Lipinski definition) is 2. The van der Waals surface area contributed by atoms with E-state index in [1.807, 2.05) is 0 Å². The maximum atomic E-state index is 12.7. The Morgan fingerprint density at radius 1 is 1.22 bits per heavy atom. The minimum Gasteiger partial charge on any atom is -0.334 e. The summed E-state index contributed by atoms with van der Waals surface area (Å²) in [5, 5.41) is 0.869. The number of nitrogens with two attached hydrogens (primary N) is 1. The Bertz CT molecular complexity index is 839. The zero-order valence-corrected chi connectivity index (χ0v) is 17.4. The summed E-state index contributed by atoms with van der Waals surface area (Å²) < 4.78 is 0. The van der Waals surface area contributed by atoms with Crippen molar-refractivity contribution < 1.29 is 4.79 Å². The Labute approximate surface area is 179 Å². The fraction of sp³-hybridized carbons (Fsp3) is 0.353. The quantitative estimate of drug-likeness (QED) is 0.743. The van der Waals surface area contributed by atoms with Gasteiger partial charge in [-0.1, -0.05) is 23.2 Å². The number of likely N-dealkylation sites (tertiary alicyclic amines) is 1. The van der Waals surface area contributed by atoms with Gasteiger partial charge in [-0.2, -0.15) is 0 Å². The van der Waals surface area contributed by atoms with Gasteiger partial charge in [0.25, 0.3) is 11.5 Å². The number of nitrogens with one attached hydrogen (secondary N) is 1. The van der Waals surface area contributed by atoms with Crippen LogP contribution in [0.4, 0.5) is 0 Å². The molecule has 10 heteroatoms. The summed E-state index contributed by atoms with van der Waals surface area (Å²) in [6.07, 6.45) is 4.10. The lowest BCUT2D eigenvalue weighted by molar-refractivity contribution is 0.0621. The molecule has 1 atom stereocenters. The first-order valence-corrected chi connectivity index (χ1v) is 8.82. The van der Waals surface area contributed by atoms with Crippen LogP contribution in [0.25, 0.3) is 11.4 Å². The van der Waals surface area contributed by atoms with E-state index in [2.05, 4.69) is 9.97 Å². The molecule has 1 saturated heterocycles. The van der Waals surface area contributed by atoms with Gasteiger partial charge in [0.2, 0.25) is 0 Å². The number of H-pyrrole nitrogens is 1. The number of aromatic nitrogens is 2. The molecule has 3 N–H and O–H groups in total. The number of aromatic amines is 1. The molecule has 1 unspecified atom stereocenters. The second-order valence-electron chi connectivity index (χ2n) is 6.02. The summed E-state index contributed by atoms with van der Waals surface area (Å²) >= 11 is 12.0. The van der Waals surface area contributed by atoms with Gasteiger partial charge in [-0.15, -0.1) is 24.8 Å². The van der Waals surface area contributed by atoms with Crippen LogP contribution >= 0.6 is 48.0 Å². The SMILES string of the molecule is Cl.Cl.NCC1CCCCN1C(=O)c1cnc(-c2cc(Cl)cc(Cl)c2)[nH]c1=O. The fourth-order valence-electron chi connectivity index (χ4n) is 3.05. The van der Waals surface area contributed by atoms with Gasteiger partial charge in [0.05, 0.1) is 0 Å². The van der Waals surface area contributed by atoms with Crippen LogP contribution in [0.2, 0.25) is 10.0 Å². The number of rotatable bonds is 3. The predicted octanol–water partition coefficient (Wildman–Crippen LogP) is 3.54. The molecule has 1 aliphatic rings. The third kappa shape index (κ3) is 5.36. The van der Waals surface area contributed by atoms with Crippen molar-refractivity contribution in [1.29, 1.82) is 0 Å². The highest BCUT2D eigenvalue weighted by Crippen LogP contribution is 2.24. The number of halogens is 4. The van der Waals surface area contributed by atoms with Crippen LogP contribution in [0.5, 0.6) is 0 Å². The van der Waals surface area contributed by atoms with Gasteiger partial charge in [0, 0.05) is 40.9 Å².